The molecule has 6 nitrogen and oxygen atoms in total. The van der Waals surface area contributed by atoms with Gasteiger partial charge in [-0.15, -0.1) is 0 Å². The first kappa shape index (κ1) is 20.2. The number of halogens is 1. The van der Waals surface area contributed by atoms with Crippen molar-refractivity contribution in [1.29, 1.82) is 0 Å². The summed E-state index contributed by atoms with van der Waals surface area (Å²) in [6, 6.07) is 10.4. The summed E-state index contributed by atoms with van der Waals surface area (Å²) >= 11 is 0. The first-order valence-corrected chi connectivity index (χ1v) is 10.4. The van der Waals surface area contributed by atoms with Crippen LogP contribution in [-0.2, 0) is 14.8 Å². The normalized spacial score (nSPS) is 15.2. The molecule has 2 aromatic rings. The summed E-state index contributed by atoms with van der Waals surface area (Å²) < 4.78 is 44.5. The summed E-state index contributed by atoms with van der Waals surface area (Å²) in [5.41, 5.74) is 0.377. The third kappa shape index (κ3) is 4.63. The summed E-state index contributed by atoms with van der Waals surface area (Å²) in [4.78, 5) is 24.2. The van der Waals surface area contributed by atoms with Gasteiger partial charge >= 0.3 is 5.97 Å². The maximum atomic E-state index is 12.9. The van der Waals surface area contributed by atoms with Crippen molar-refractivity contribution in [2.24, 2.45) is 0 Å². The number of rotatable bonds is 6. The molecule has 0 aromatic heterocycles. The Morgan fingerprint density at radius 1 is 0.893 bits per heavy atom. The van der Waals surface area contributed by atoms with Gasteiger partial charge in [-0.3, -0.25) is 4.79 Å². The van der Waals surface area contributed by atoms with Crippen LogP contribution in [0.3, 0.4) is 0 Å². The van der Waals surface area contributed by atoms with Gasteiger partial charge in [-0.1, -0.05) is 6.42 Å². The fourth-order valence-corrected chi connectivity index (χ4v) is 4.47. The zero-order valence-corrected chi connectivity index (χ0v) is 16.0. The van der Waals surface area contributed by atoms with Crippen LogP contribution in [0.5, 0.6) is 0 Å². The number of Topliss-reactive ketones (excluding diaryl/α,β-unsaturated/α-hetero) is 1. The van der Waals surface area contributed by atoms with Crippen molar-refractivity contribution in [3.8, 4) is 0 Å². The Hall–Kier alpha value is -2.58. The Morgan fingerprint density at radius 3 is 2.07 bits per heavy atom. The van der Waals surface area contributed by atoms with Crippen LogP contribution in [0.1, 0.15) is 40.0 Å². The van der Waals surface area contributed by atoms with E-state index in [2.05, 4.69) is 0 Å². The van der Waals surface area contributed by atoms with Crippen molar-refractivity contribution in [1.82, 2.24) is 4.31 Å². The highest BCUT2D eigenvalue weighted by molar-refractivity contribution is 7.89. The predicted molar refractivity (Wildman–Crippen MR) is 100 cm³/mol. The van der Waals surface area contributed by atoms with Crippen molar-refractivity contribution in [3.05, 3.63) is 65.5 Å². The molecular weight excluding hydrogens is 385 g/mol. The Bertz CT molecular complexity index is 949. The average molecular weight is 405 g/mol. The van der Waals surface area contributed by atoms with Gasteiger partial charge in [0.05, 0.1) is 10.5 Å². The molecule has 0 amide bonds. The number of ketones is 1. The molecule has 3 rings (SSSR count). The smallest absolute Gasteiger partial charge is 0.338 e. The van der Waals surface area contributed by atoms with E-state index in [-0.39, 0.29) is 16.0 Å². The number of hydrogen-bond donors (Lipinski definition) is 0. The monoisotopic (exact) mass is 405 g/mol. The Balaban J connectivity index is 1.62. The summed E-state index contributed by atoms with van der Waals surface area (Å²) in [5, 5.41) is 0. The van der Waals surface area contributed by atoms with E-state index in [9.17, 15) is 22.4 Å². The quantitative estimate of drug-likeness (QED) is 0.545. The molecule has 28 heavy (non-hydrogen) atoms. The molecule has 8 heteroatoms. The van der Waals surface area contributed by atoms with Crippen molar-refractivity contribution in [2.75, 3.05) is 19.7 Å². The zero-order valence-electron chi connectivity index (χ0n) is 15.1. The minimum atomic E-state index is -3.57. The fourth-order valence-electron chi connectivity index (χ4n) is 2.95. The summed E-state index contributed by atoms with van der Waals surface area (Å²) in [5.74, 6) is -1.66. The Kier molecular flexibility index (Phi) is 6.21. The Labute approximate surface area is 163 Å². The average Bonchev–Trinajstić information content (AvgIpc) is 2.73. The van der Waals surface area contributed by atoms with Crippen molar-refractivity contribution >= 4 is 21.8 Å². The van der Waals surface area contributed by atoms with E-state index in [0.717, 1.165) is 31.4 Å². The molecule has 1 fully saturated rings. The van der Waals surface area contributed by atoms with Crippen molar-refractivity contribution < 1.29 is 27.1 Å². The largest absolute Gasteiger partial charge is 0.454 e. The molecule has 0 radical (unpaired) electrons. The first-order valence-electron chi connectivity index (χ1n) is 8.94. The van der Waals surface area contributed by atoms with Gasteiger partial charge in [-0.25, -0.2) is 17.6 Å². The van der Waals surface area contributed by atoms with Gasteiger partial charge in [-0.05, 0) is 61.4 Å². The van der Waals surface area contributed by atoms with Crippen molar-refractivity contribution in [3.63, 3.8) is 0 Å². The molecule has 148 valence electrons. The van der Waals surface area contributed by atoms with Gasteiger partial charge in [0, 0.05) is 18.7 Å². The summed E-state index contributed by atoms with van der Waals surface area (Å²) in [6.07, 6.45) is 2.70. The van der Waals surface area contributed by atoms with Gasteiger partial charge in [0.15, 0.2) is 12.4 Å². The topological polar surface area (TPSA) is 80.8 Å². The van der Waals surface area contributed by atoms with Gasteiger partial charge in [0.2, 0.25) is 10.0 Å². The maximum Gasteiger partial charge on any atom is 0.338 e. The lowest BCUT2D eigenvalue weighted by Gasteiger charge is -2.25. The SMILES string of the molecule is O=C(COC(=O)c1ccc(S(=O)(=O)N2CCCCC2)cc1)c1ccc(F)cc1. The Morgan fingerprint density at radius 2 is 1.46 bits per heavy atom. The van der Waals surface area contributed by atoms with E-state index in [0.29, 0.717) is 13.1 Å². The minimum Gasteiger partial charge on any atom is -0.454 e. The van der Waals surface area contributed by atoms with E-state index >= 15 is 0 Å². The molecular formula is C20H20FNO5S. The third-order valence-corrected chi connectivity index (χ3v) is 6.46. The molecule has 0 unspecified atom stereocenters. The van der Waals surface area contributed by atoms with Crippen LogP contribution in [0.25, 0.3) is 0 Å². The molecule has 0 saturated carbocycles. The number of carbonyl (C=O) groups is 2. The highest BCUT2D eigenvalue weighted by Gasteiger charge is 2.26. The molecule has 1 saturated heterocycles. The lowest BCUT2D eigenvalue weighted by Crippen LogP contribution is -2.35. The predicted octanol–water partition coefficient (Wildman–Crippen LogP) is 3.04. The number of ether oxygens (including phenoxy) is 1. The lowest BCUT2D eigenvalue weighted by atomic mass is 10.1. The highest BCUT2D eigenvalue weighted by atomic mass is 32.2. The fraction of sp³-hybridized carbons (Fsp3) is 0.300. The number of nitrogens with zero attached hydrogens (tertiary/aromatic N) is 1. The molecule has 0 N–H and O–H groups in total. The van der Waals surface area contributed by atoms with Crippen LogP contribution < -0.4 is 0 Å². The van der Waals surface area contributed by atoms with Crippen LogP contribution in [0.15, 0.2) is 53.4 Å². The number of esters is 1. The molecule has 0 bridgehead atoms. The number of benzene rings is 2. The summed E-state index contributed by atoms with van der Waals surface area (Å²) in [6.45, 7) is 0.507. The lowest BCUT2D eigenvalue weighted by molar-refractivity contribution is 0.0474. The van der Waals surface area contributed by atoms with Crippen LogP contribution in [-0.4, -0.2) is 44.2 Å². The van der Waals surface area contributed by atoms with Crippen LogP contribution in [0.4, 0.5) is 4.39 Å². The first-order chi connectivity index (χ1) is 13.4. The number of piperidine rings is 1. The van der Waals surface area contributed by atoms with Crippen molar-refractivity contribution in [2.45, 2.75) is 24.2 Å². The van der Waals surface area contributed by atoms with Crippen LogP contribution in [0.2, 0.25) is 0 Å². The third-order valence-electron chi connectivity index (χ3n) is 4.54. The number of sulfonamides is 1. The van der Waals surface area contributed by atoms with Gasteiger partial charge in [0.25, 0.3) is 0 Å². The zero-order chi connectivity index (χ0) is 20.1. The van der Waals surface area contributed by atoms with Crippen LogP contribution >= 0.6 is 0 Å². The molecule has 1 aliphatic heterocycles. The number of carbonyl (C=O) groups excluding carboxylic acids is 2. The molecule has 0 atom stereocenters. The highest BCUT2D eigenvalue weighted by Crippen LogP contribution is 2.21. The molecule has 0 aliphatic carbocycles. The molecule has 2 aromatic carbocycles. The second kappa shape index (κ2) is 8.62. The molecule has 0 spiro atoms. The maximum absolute atomic E-state index is 12.9. The van der Waals surface area contributed by atoms with E-state index in [1.807, 2.05) is 0 Å². The second-order valence-electron chi connectivity index (χ2n) is 6.50. The minimum absolute atomic E-state index is 0.119. The molecule has 1 heterocycles. The van der Waals surface area contributed by atoms with E-state index in [1.165, 1.54) is 40.7 Å². The van der Waals surface area contributed by atoms with E-state index < -0.39 is 34.2 Å². The second-order valence-corrected chi connectivity index (χ2v) is 8.43. The van der Waals surface area contributed by atoms with Gasteiger partial charge in [-0.2, -0.15) is 4.31 Å². The van der Waals surface area contributed by atoms with E-state index in [1.54, 1.807) is 0 Å². The van der Waals surface area contributed by atoms with Gasteiger partial charge in [0.1, 0.15) is 5.82 Å². The van der Waals surface area contributed by atoms with E-state index in [4.69, 9.17) is 4.74 Å². The number of hydrogen-bond acceptors (Lipinski definition) is 5. The molecule has 1 aliphatic rings. The van der Waals surface area contributed by atoms with Crippen LogP contribution in [0, 0.1) is 5.82 Å². The standard InChI is InChI=1S/C20H20FNO5S/c21-17-8-4-15(5-9-17)19(23)14-27-20(24)16-6-10-18(11-7-16)28(25,26)22-12-2-1-3-13-22/h4-11H,1-3,12-14H2. The summed E-state index contributed by atoms with van der Waals surface area (Å²) in [7, 11) is -3.57. The van der Waals surface area contributed by atoms with Gasteiger partial charge < -0.3 is 4.74 Å².